The van der Waals surface area contributed by atoms with Gasteiger partial charge in [-0.05, 0) is 38.8 Å². The van der Waals surface area contributed by atoms with E-state index in [2.05, 4.69) is 13.8 Å². The molecule has 0 N–H and O–H groups in total. The normalized spacial score (nSPS) is 27.0. The molecule has 0 saturated carbocycles. The van der Waals surface area contributed by atoms with Crippen LogP contribution in [0, 0.1) is 5.92 Å². The molecule has 0 amide bonds. The Morgan fingerprint density at radius 2 is 1.95 bits per heavy atom. The SMILES string of the molecule is COCC(CCC1(C)OC1C)COc1ccccc1. The molecule has 0 aliphatic carbocycles. The van der Waals surface area contributed by atoms with Gasteiger partial charge in [-0.15, -0.1) is 0 Å². The summed E-state index contributed by atoms with van der Waals surface area (Å²) in [6, 6.07) is 9.93. The molecule has 3 nitrogen and oxygen atoms in total. The van der Waals surface area contributed by atoms with Crippen LogP contribution in [0.3, 0.4) is 0 Å². The lowest BCUT2D eigenvalue weighted by Gasteiger charge is -2.18. The number of epoxide rings is 1. The number of hydrogen-bond donors (Lipinski definition) is 0. The second kappa shape index (κ2) is 6.40. The van der Waals surface area contributed by atoms with Crippen LogP contribution in [0.1, 0.15) is 26.7 Å². The van der Waals surface area contributed by atoms with Crippen LogP contribution < -0.4 is 4.74 Å². The third kappa shape index (κ3) is 4.22. The third-order valence-corrected chi connectivity index (χ3v) is 3.93. The second-order valence-corrected chi connectivity index (χ2v) is 5.56. The molecule has 1 heterocycles. The van der Waals surface area contributed by atoms with Crippen molar-refractivity contribution in [3.63, 3.8) is 0 Å². The third-order valence-electron chi connectivity index (χ3n) is 3.93. The van der Waals surface area contributed by atoms with E-state index in [-0.39, 0.29) is 5.60 Å². The average Bonchev–Trinajstić information content (AvgIpc) is 3.02. The zero-order valence-corrected chi connectivity index (χ0v) is 12.1. The maximum absolute atomic E-state index is 5.81. The van der Waals surface area contributed by atoms with E-state index < -0.39 is 0 Å². The number of hydrogen-bond acceptors (Lipinski definition) is 3. The molecule has 0 bridgehead atoms. The van der Waals surface area contributed by atoms with Crippen molar-refractivity contribution in [3.05, 3.63) is 30.3 Å². The number of para-hydroxylation sites is 1. The zero-order chi connectivity index (χ0) is 13.7. The van der Waals surface area contributed by atoms with Crippen molar-refractivity contribution in [1.82, 2.24) is 0 Å². The molecule has 0 spiro atoms. The molecule has 1 saturated heterocycles. The topological polar surface area (TPSA) is 31.0 Å². The molecule has 1 aromatic carbocycles. The van der Waals surface area contributed by atoms with E-state index in [0.717, 1.165) is 25.2 Å². The van der Waals surface area contributed by atoms with E-state index in [9.17, 15) is 0 Å². The van der Waals surface area contributed by atoms with Crippen LogP contribution in [0.5, 0.6) is 5.75 Å². The van der Waals surface area contributed by atoms with E-state index in [1.165, 1.54) is 0 Å². The summed E-state index contributed by atoms with van der Waals surface area (Å²) in [7, 11) is 1.74. The lowest BCUT2D eigenvalue weighted by Crippen LogP contribution is -2.20. The Labute approximate surface area is 115 Å². The summed E-state index contributed by atoms with van der Waals surface area (Å²) in [5, 5.41) is 0. The van der Waals surface area contributed by atoms with Gasteiger partial charge in [0.1, 0.15) is 5.75 Å². The fourth-order valence-corrected chi connectivity index (χ4v) is 2.30. The van der Waals surface area contributed by atoms with Gasteiger partial charge >= 0.3 is 0 Å². The molecule has 0 aromatic heterocycles. The molecular formula is C16H24O3. The molecule has 2 rings (SSSR count). The van der Waals surface area contributed by atoms with Gasteiger partial charge in [-0.1, -0.05) is 18.2 Å². The fraction of sp³-hybridized carbons (Fsp3) is 0.625. The molecule has 1 aromatic rings. The van der Waals surface area contributed by atoms with Crippen molar-refractivity contribution >= 4 is 0 Å². The molecule has 19 heavy (non-hydrogen) atoms. The van der Waals surface area contributed by atoms with Crippen molar-refractivity contribution < 1.29 is 14.2 Å². The van der Waals surface area contributed by atoms with Crippen LogP contribution in [-0.2, 0) is 9.47 Å². The van der Waals surface area contributed by atoms with Crippen LogP contribution >= 0.6 is 0 Å². The second-order valence-electron chi connectivity index (χ2n) is 5.56. The fourth-order valence-electron chi connectivity index (χ4n) is 2.30. The highest BCUT2D eigenvalue weighted by Gasteiger charge is 2.48. The first-order valence-corrected chi connectivity index (χ1v) is 6.98. The van der Waals surface area contributed by atoms with E-state index in [0.29, 0.717) is 18.6 Å². The first-order chi connectivity index (χ1) is 9.14. The molecule has 0 radical (unpaired) electrons. The van der Waals surface area contributed by atoms with Crippen molar-refractivity contribution in [2.75, 3.05) is 20.3 Å². The van der Waals surface area contributed by atoms with Crippen LogP contribution in [0.15, 0.2) is 30.3 Å². The largest absolute Gasteiger partial charge is 0.493 e. The van der Waals surface area contributed by atoms with Gasteiger partial charge in [0.25, 0.3) is 0 Å². The Morgan fingerprint density at radius 3 is 2.53 bits per heavy atom. The van der Waals surface area contributed by atoms with E-state index >= 15 is 0 Å². The van der Waals surface area contributed by atoms with Gasteiger partial charge < -0.3 is 14.2 Å². The molecule has 3 heteroatoms. The number of methoxy groups -OCH3 is 1. The summed E-state index contributed by atoms with van der Waals surface area (Å²) in [4.78, 5) is 0. The smallest absolute Gasteiger partial charge is 0.119 e. The van der Waals surface area contributed by atoms with Gasteiger partial charge in [-0.25, -0.2) is 0 Å². The molecule has 1 fully saturated rings. The van der Waals surface area contributed by atoms with Gasteiger partial charge in [-0.2, -0.15) is 0 Å². The van der Waals surface area contributed by atoms with E-state index in [1.807, 2.05) is 30.3 Å². The van der Waals surface area contributed by atoms with Crippen LogP contribution in [-0.4, -0.2) is 32.0 Å². The summed E-state index contributed by atoms with van der Waals surface area (Å²) in [5.41, 5.74) is 0.0821. The summed E-state index contributed by atoms with van der Waals surface area (Å²) in [6.45, 7) is 5.74. The lowest BCUT2D eigenvalue weighted by molar-refractivity contribution is 0.107. The first kappa shape index (κ1) is 14.4. The van der Waals surface area contributed by atoms with Gasteiger partial charge in [0.15, 0.2) is 0 Å². The summed E-state index contributed by atoms with van der Waals surface area (Å²) in [6.07, 6.45) is 2.53. The predicted molar refractivity (Wildman–Crippen MR) is 75.5 cm³/mol. The quantitative estimate of drug-likeness (QED) is 0.675. The summed E-state index contributed by atoms with van der Waals surface area (Å²) < 4.78 is 16.7. The van der Waals surface area contributed by atoms with Gasteiger partial charge in [0, 0.05) is 13.0 Å². The Balaban J connectivity index is 1.76. The summed E-state index contributed by atoms with van der Waals surface area (Å²) in [5.74, 6) is 1.34. The number of rotatable bonds is 8. The van der Waals surface area contributed by atoms with Crippen LogP contribution in [0.25, 0.3) is 0 Å². The first-order valence-electron chi connectivity index (χ1n) is 6.98. The Bertz CT molecular complexity index is 379. The maximum atomic E-state index is 5.81. The molecule has 106 valence electrons. The highest BCUT2D eigenvalue weighted by Crippen LogP contribution is 2.40. The zero-order valence-electron chi connectivity index (χ0n) is 12.1. The number of benzene rings is 1. The van der Waals surface area contributed by atoms with Gasteiger partial charge in [0.2, 0.25) is 0 Å². The Morgan fingerprint density at radius 1 is 1.26 bits per heavy atom. The van der Waals surface area contributed by atoms with E-state index in [4.69, 9.17) is 14.2 Å². The van der Waals surface area contributed by atoms with Crippen molar-refractivity contribution in [3.8, 4) is 5.75 Å². The maximum Gasteiger partial charge on any atom is 0.119 e. The lowest BCUT2D eigenvalue weighted by atomic mass is 9.96. The minimum atomic E-state index is 0.0821. The van der Waals surface area contributed by atoms with Crippen LogP contribution in [0.2, 0.25) is 0 Å². The Hall–Kier alpha value is -1.06. The molecule has 1 aliphatic heterocycles. The predicted octanol–water partition coefficient (Wildman–Crippen LogP) is 3.29. The van der Waals surface area contributed by atoms with Gasteiger partial charge in [0.05, 0.1) is 24.9 Å². The minimum absolute atomic E-state index is 0.0821. The van der Waals surface area contributed by atoms with Crippen molar-refractivity contribution in [2.45, 2.75) is 38.4 Å². The van der Waals surface area contributed by atoms with Crippen molar-refractivity contribution in [1.29, 1.82) is 0 Å². The molecule has 3 unspecified atom stereocenters. The standard InChI is InChI=1S/C16H24O3/c1-13-16(2,19-13)10-9-14(11-17-3)12-18-15-7-5-4-6-8-15/h4-8,13-14H,9-12H2,1-3H3. The average molecular weight is 264 g/mol. The van der Waals surface area contributed by atoms with Crippen molar-refractivity contribution in [2.24, 2.45) is 5.92 Å². The molecule has 1 aliphatic rings. The monoisotopic (exact) mass is 264 g/mol. The van der Waals surface area contributed by atoms with Gasteiger partial charge in [-0.3, -0.25) is 0 Å². The van der Waals surface area contributed by atoms with E-state index in [1.54, 1.807) is 7.11 Å². The highest BCUT2D eigenvalue weighted by molar-refractivity contribution is 5.20. The van der Waals surface area contributed by atoms with Crippen LogP contribution in [0.4, 0.5) is 0 Å². The number of ether oxygens (including phenoxy) is 3. The molecule has 3 atom stereocenters. The summed E-state index contributed by atoms with van der Waals surface area (Å²) >= 11 is 0. The minimum Gasteiger partial charge on any atom is -0.493 e. The highest BCUT2D eigenvalue weighted by atomic mass is 16.6. The Kier molecular flexibility index (Phi) is 4.83. The molecular weight excluding hydrogens is 240 g/mol.